The van der Waals surface area contributed by atoms with Crippen molar-refractivity contribution in [3.05, 3.63) is 130 Å². The van der Waals surface area contributed by atoms with Gasteiger partial charge in [0, 0.05) is 65.2 Å². The third kappa shape index (κ3) is 12.0. The van der Waals surface area contributed by atoms with Gasteiger partial charge in [-0.15, -0.1) is 11.8 Å². The molecule has 0 amide bonds. The number of anilines is 1. The molecule has 13 heteroatoms. The fraction of sp³-hybridized carbons (Fsp3) is 0.324. The summed E-state index contributed by atoms with van der Waals surface area (Å²) in [7, 11) is -3.81. The first-order chi connectivity index (χ1) is 24.0. The number of benzene rings is 4. The normalized spacial score (nSPS) is 13.9. The summed E-state index contributed by atoms with van der Waals surface area (Å²) in [5.41, 5.74) is 13.1. The van der Waals surface area contributed by atoms with Crippen LogP contribution in [0.2, 0.25) is 0 Å². The van der Waals surface area contributed by atoms with E-state index in [1.807, 2.05) is 54.6 Å². The highest BCUT2D eigenvalue weighted by Crippen LogP contribution is 2.32. The number of carbonyl (C=O) groups excluding carboxylic acids is 1. The van der Waals surface area contributed by atoms with Crippen molar-refractivity contribution in [2.24, 2.45) is 10.5 Å². The fourth-order valence-electron chi connectivity index (χ4n) is 5.63. The molecular weight excluding hydrogens is 691 g/mol. The van der Waals surface area contributed by atoms with Crippen LogP contribution in [0.15, 0.2) is 118 Å². The van der Waals surface area contributed by atoms with Crippen LogP contribution in [0.25, 0.3) is 10.4 Å². The van der Waals surface area contributed by atoms with Gasteiger partial charge in [-0.2, -0.15) is 8.42 Å². The Labute approximate surface area is 302 Å². The monoisotopic (exact) mass is 731 g/mol. The molecular formula is C37H41N5O5S3. The molecule has 0 unspecified atom stereocenters. The Kier molecular flexibility index (Phi) is 14.4. The second-order valence-electron chi connectivity index (χ2n) is 12.8. The maximum absolute atomic E-state index is 13.2. The first-order valence-corrected chi connectivity index (χ1v) is 19.5. The summed E-state index contributed by atoms with van der Waals surface area (Å²) in [5, 5.41) is 3.66. The van der Waals surface area contributed by atoms with Crippen molar-refractivity contribution in [2.75, 3.05) is 36.0 Å². The van der Waals surface area contributed by atoms with Gasteiger partial charge < -0.3 is 4.90 Å². The lowest BCUT2D eigenvalue weighted by atomic mass is 9.82. The highest BCUT2D eigenvalue weighted by Gasteiger charge is 2.26. The lowest BCUT2D eigenvalue weighted by molar-refractivity contribution is 0.102. The zero-order valence-corrected chi connectivity index (χ0v) is 30.6. The van der Waals surface area contributed by atoms with Gasteiger partial charge in [0.2, 0.25) is 0 Å². The molecule has 0 spiro atoms. The fourth-order valence-corrected chi connectivity index (χ4v) is 7.79. The first-order valence-electron chi connectivity index (χ1n) is 16.2. The van der Waals surface area contributed by atoms with Gasteiger partial charge in [-0.25, -0.2) is 8.42 Å². The van der Waals surface area contributed by atoms with E-state index in [-0.39, 0.29) is 4.90 Å². The number of sulfone groups is 1. The van der Waals surface area contributed by atoms with E-state index in [1.54, 1.807) is 48.2 Å². The van der Waals surface area contributed by atoms with Crippen molar-refractivity contribution in [1.82, 2.24) is 4.90 Å². The van der Waals surface area contributed by atoms with Gasteiger partial charge in [-0.05, 0) is 83.4 Å². The predicted molar refractivity (Wildman–Crippen MR) is 200 cm³/mol. The molecule has 262 valence electrons. The maximum Gasteiger partial charge on any atom is 0.335 e. The number of piperidine rings is 1. The van der Waals surface area contributed by atoms with E-state index in [0.717, 1.165) is 55.0 Å². The lowest BCUT2D eigenvalue weighted by Crippen LogP contribution is -2.37. The summed E-state index contributed by atoms with van der Waals surface area (Å²) in [5.74, 6) is -0.0980. The molecule has 10 nitrogen and oxygen atoms in total. The van der Waals surface area contributed by atoms with Crippen LogP contribution in [-0.2, 0) is 34.5 Å². The van der Waals surface area contributed by atoms with Gasteiger partial charge in [0.1, 0.15) is 5.75 Å². The van der Waals surface area contributed by atoms with Gasteiger partial charge in [0.25, 0.3) is 0 Å². The highest BCUT2D eigenvalue weighted by atomic mass is 32.2. The zero-order chi connectivity index (χ0) is 36.0. The Morgan fingerprint density at radius 3 is 1.98 bits per heavy atom. The molecule has 4 aromatic carbocycles. The number of Topliss-reactive ketones (excluding diaryl/α,β-unsaturated/α-hetero) is 1. The molecule has 0 N–H and O–H groups in total. The van der Waals surface area contributed by atoms with E-state index in [1.165, 1.54) is 4.90 Å². The number of azide groups is 1. The van der Waals surface area contributed by atoms with Gasteiger partial charge in [0.15, 0.2) is 15.6 Å². The number of carbonyl (C=O) groups is 1. The molecule has 50 heavy (non-hydrogen) atoms. The van der Waals surface area contributed by atoms with E-state index in [2.05, 4.69) is 45.8 Å². The molecule has 4 aromatic rings. The smallest absolute Gasteiger partial charge is 0.335 e. The second-order valence-corrected chi connectivity index (χ2v) is 16.1. The molecule has 0 radical (unpaired) electrons. The Morgan fingerprint density at radius 1 is 0.860 bits per heavy atom. The molecule has 1 saturated heterocycles. The summed E-state index contributed by atoms with van der Waals surface area (Å²) in [4.78, 5) is 21.9. The molecule has 0 aliphatic carbocycles. The summed E-state index contributed by atoms with van der Waals surface area (Å²) < 4.78 is 43.1. The molecule has 1 heterocycles. The van der Waals surface area contributed by atoms with Gasteiger partial charge in [-0.1, -0.05) is 73.6 Å². The second kappa shape index (κ2) is 18.7. The SMILES string of the molecule is CC1(C)CCN(c2ccc(C(=O)CS(=O)(=O)c3ccc(CN(CCSc4ccccc4)Cc4ccc(N=[N+]=[N-])cc4)cc3)cc2)CC1.O=S=O. The van der Waals surface area contributed by atoms with Crippen LogP contribution in [-0.4, -0.2) is 58.7 Å². The molecule has 1 fully saturated rings. The van der Waals surface area contributed by atoms with Crippen molar-refractivity contribution >= 4 is 50.3 Å². The van der Waals surface area contributed by atoms with Crippen LogP contribution in [0, 0.1) is 5.41 Å². The molecule has 1 aliphatic rings. The van der Waals surface area contributed by atoms with Gasteiger partial charge >= 0.3 is 11.6 Å². The van der Waals surface area contributed by atoms with E-state index < -0.39 is 32.9 Å². The van der Waals surface area contributed by atoms with E-state index in [4.69, 9.17) is 13.9 Å². The molecule has 0 atom stereocenters. The minimum Gasteiger partial charge on any atom is -0.371 e. The molecule has 1 aliphatic heterocycles. The summed E-state index contributed by atoms with van der Waals surface area (Å²) in [6, 6.07) is 32.0. The molecule has 0 aromatic heterocycles. The Morgan fingerprint density at radius 2 is 1.42 bits per heavy atom. The van der Waals surface area contributed by atoms with Crippen LogP contribution in [0.1, 0.15) is 48.2 Å². The van der Waals surface area contributed by atoms with E-state index >= 15 is 0 Å². The maximum atomic E-state index is 13.2. The topological polar surface area (TPSA) is 141 Å². The summed E-state index contributed by atoms with van der Waals surface area (Å²) >= 11 is 1.04. The van der Waals surface area contributed by atoms with Crippen LogP contribution in [0.3, 0.4) is 0 Å². The third-order valence-electron chi connectivity index (χ3n) is 8.60. The van der Waals surface area contributed by atoms with Gasteiger partial charge in [0.05, 0.1) is 4.90 Å². The van der Waals surface area contributed by atoms with Crippen molar-refractivity contribution in [3.63, 3.8) is 0 Å². The minimum absolute atomic E-state index is 0.141. The number of thioether (sulfide) groups is 1. The third-order valence-corrected chi connectivity index (χ3v) is 11.2. The van der Waals surface area contributed by atoms with Crippen molar-refractivity contribution in [3.8, 4) is 0 Å². The number of hydrogen-bond acceptors (Lipinski definition) is 9. The Bertz CT molecular complexity index is 1880. The average Bonchev–Trinajstić information content (AvgIpc) is 3.10. The Hall–Kier alpha value is -4.26. The van der Waals surface area contributed by atoms with Crippen LogP contribution in [0.5, 0.6) is 0 Å². The molecule has 0 saturated carbocycles. The number of rotatable bonds is 14. The van der Waals surface area contributed by atoms with Crippen LogP contribution < -0.4 is 4.90 Å². The van der Waals surface area contributed by atoms with E-state index in [0.29, 0.717) is 29.8 Å². The molecule has 5 rings (SSSR count). The van der Waals surface area contributed by atoms with E-state index in [9.17, 15) is 13.2 Å². The standard InChI is InChI=1S/C37H41N5O3S2.O2S/c1-37(2)20-22-42(23-21-37)33-16-12-31(13-17-33)36(43)28-47(44,45)35-18-10-30(11-19-35)27-41(24-25-46-34-6-4-3-5-7-34)26-29-8-14-32(15-9-29)39-40-38;1-3-2/h3-19H,20-28H2,1-2H3;. The number of hydrogen-bond donors (Lipinski definition) is 0. The van der Waals surface area contributed by atoms with Crippen molar-refractivity contribution in [2.45, 2.75) is 49.6 Å². The Balaban J connectivity index is 0.00000181. The van der Waals surface area contributed by atoms with Gasteiger partial charge in [-0.3, -0.25) is 9.69 Å². The van der Waals surface area contributed by atoms with Crippen LogP contribution in [0.4, 0.5) is 11.4 Å². The lowest BCUT2D eigenvalue weighted by Gasteiger charge is -2.38. The predicted octanol–water partition coefficient (Wildman–Crippen LogP) is 8.04. The van der Waals surface area contributed by atoms with Crippen molar-refractivity contribution < 1.29 is 21.6 Å². The quantitative estimate of drug-likeness (QED) is 0.0417. The highest BCUT2D eigenvalue weighted by molar-refractivity contribution is 7.99. The van der Waals surface area contributed by atoms with Crippen LogP contribution >= 0.6 is 11.8 Å². The summed E-state index contributed by atoms with van der Waals surface area (Å²) in [6.45, 7) is 8.63. The summed E-state index contributed by atoms with van der Waals surface area (Å²) in [6.07, 6.45) is 2.23. The first kappa shape index (κ1) is 38.5. The zero-order valence-electron chi connectivity index (χ0n) is 28.2. The average molecular weight is 732 g/mol. The number of nitrogens with zero attached hydrogens (tertiary/aromatic N) is 5. The largest absolute Gasteiger partial charge is 0.371 e. The molecule has 0 bridgehead atoms. The number of ketones is 1. The minimum atomic E-state index is -3.81. The van der Waals surface area contributed by atoms with Crippen molar-refractivity contribution in [1.29, 1.82) is 0 Å².